The minimum atomic E-state index is -3.23. The minimum Gasteiger partial charge on any atom is -0.361 e. The topological polar surface area (TPSA) is 92.1 Å². The van der Waals surface area contributed by atoms with E-state index in [9.17, 15) is 8.42 Å². The second-order valence-electron chi connectivity index (χ2n) is 6.36. The lowest BCUT2D eigenvalue weighted by Crippen LogP contribution is -2.36. The van der Waals surface area contributed by atoms with Gasteiger partial charge in [-0.1, -0.05) is 5.16 Å². The molecule has 0 aromatic carbocycles. The predicted molar refractivity (Wildman–Crippen MR) is 84.6 cm³/mol. The van der Waals surface area contributed by atoms with Crippen molar-refractivity contribution in [2.45, 2.75) is 37.6 Å². The Labute approximate surface area is 136 Å². The van der Waals surface area contributed by atoms with E-state index in [2.05, 4.69) is 20.3 Å². The molecule has 1 aliphatic rings. The standard InChI is InChI=1S/C15H22N4O3S/c1-11-6-13(18-22-11)10-19-5-3-4-12(9-19)7-14-15(8-16-17-14)23(2,20)21/h6,8,12H,3-5,7,9-10H2,1-2H3,(H,16,17)/t12-/m1/s1. The maximum atomic E-state index is 11.8. The summed E-state index contributed by atoms with van der Waals surface area (Å²) in [6.07, 6.45) is 5.53. The fraction of sp³-hybridized carbons (Fsp3) is 0.600. The maximum absolute atomic E-state index is 11.8. The normalized spacial score (nSPS) is 20.0. The van der Waals surface area contributed by atoms with Gasteiger partial charge in [-0.05, 0) is 38.6 Å². The zero-order valence-corrected chi connectivity index (χ0v) is 14.3. The molecule has 0 saturated carbocycles. The number of nitrogens with zero attached hydrogens (tertiary/aromatic N) is 3. The molecule has 3 rings (SSSR count). The van der Waals surface area contributed by atoms with Crippen LogP contribution in [0.2, 0.25) is 0 Å². The second-order valence-corrected chi connectivity index (χ2v) is 8.35. The van der Waals surface area contributed by atoms with Crippen LogP contribution in [0.3, 0.4) is 0 Å². The van der Waals surface area contributed by atoms with Crippen LogP contribution in [0.5, 0.6) is 0 Å². The van der Waals surface area contributed by atoms with Crippen LogP contribution in [0, 0.1) is 12.8 Å². The van der Waals surface area contributed by atoms with Crippen LogP contribution in [-0.2, 0) is 22.8 Å². The van der Waals surface area contributed by atoms with E-state index in [-0.39, 0.29) is 0 Å². The fourth-order valence-electron chi connectivity index (χ4n) is 3.24. The highest BCUT2D eigenvalue weighted by Crippen LogP contribution is 2.24. The van der Waals surface area contributed by atoms with E-state index in [1.54, 1.807) is 0 Å². The predicted octanol–water partition coefficient (Wildman–Crippen LogP) is 1.56. The summed E-state index contributed by atoms with van der Waals surface area (Å²) in [6, 6.07) is 1.96. The van der Waals surface area contributed by atoms with Crippen molar-refractivity contribution in [3.63, 3.8) is 0 Å². The third-order valence-corrected chi connectivity index (χ3v) is 5.39. The number of hydrogen-bond donors (Lipinski definition) is 1. The van der Waals surface area contributed by atoms with Crippen LogP contribution in [0.4, 0.5) is 0 Å². The first kappa shape index (κ1) is 16.2. The molecule has 126 valence electrons. The molecule has 0 aliphatic carbocycles. The lowest BCUT2D eigenvalue weighted by atomic mass is 9.93. The van der Waals surface area contributed by atoms with Gasteiger partial charge in [0, 0.05) is 25.4 Å². The zero-order chi connectivity index (χ0) is 16.4. The molecular weight excluding hydrogens is 316 g/mol. The number of nitrogens with one attached hydrogen (secondary N) is 1. The highest BCUT2D eigenvalue weighted by molar-refractivity contribution is 7.90. The summed E-state index contributed by atoms with van der Waals surface area (Å²) in [4.78, 5) is 2.67. The maximum Gasteiger partial charge on any atom is 0.178 e. The number of H-pyrrole nitrogens is 1. The Hall–Kier alpha value is -1.67. The molecule has 1 aliphatic heterocycles. The van der Waals surface area contributed by atoms with Gasteiger partial charge in [-0.2, -0.15) is 5.10 Å². The first-order valence-corrected chi connectivity index (χ1v) is 9.68. The third kappa shape index (κ3) is 4.00. The molecule has 1 saturated heterocycles. The summed E-state index contributed by atoms with van der Waals surface area (Å²) < 4.78 is 28.7. The molecule has 0 unspecified atom stereocenters. The molecule has 0 amide bonds. The molecule has 3 heterocycles. The number of piperidine rings is 1. The Kier molecular flexibility index (Phi) is 4.54. The number of sulfone groups is 1. The van der Waals surface area contributed by atoms with Crippen LogP contribution in [0.15, 0.2) is 21.7 Å². The summed E-state index contributed by atoms with van der Waals surface area (Å²) >= 11 is 0. The van der Waals surface area contributed by atoms with Crippen LogP contribution >= 0.6 is 0 Å². The van der Waals surface area contributed by atoms with Crippen molar-refractivity contribution >= 4 is 9.84 Å². The van der Waals surface area contributed by atoms with Crippen molar-refractivity contribution in [1.29, 1.82) is 0 Å². The van der Waals surface area contributed by atoms with Gasteiger partial charge in [0.15, 0.2) is 9.84 Å². The molecule has 0 radical (unpaired) electrons. The Morgan fingerprint density at radius 1 is 1.48 bits per heavy atom. The van der Waals surface area contributed by atoms with E-state index in [0.29, 0.717) is 17.2 Å². The van der Waals surface area contributed by atoms with Gasteiger partial charge < -0.3 is 4.52 Å². The van der Waals surface area contributed by atoms with Gasteiger partial charge >= 0.3 is 0 Å². The number of aromatic amines is 1. The quantitative estimate of drug-likeness (QED) is 0.889. The van der Waals surface area contributed by atoms with E-state index in [1.165, 1.54) is 12.5 Å². The lowest BCUT2D eigenvalue weighted by molar-refractivity contribution is 0.162. The average Bonchev–Trinajstić information content (AvgIpc) is 3.08. The van der Waals surface area contributed by atoms with E-state index >= 15 is 0 Å². The van der Waals surface area contributed by atoms with Crippen LogP contribution in [0.25, 0.3) is 0 Å². The van der Waals surface area contributed by atoms with Crippen molar-refractivity contribution in [2.24, 2.45) is 5.92 Å². The molecule has 1 atom stereocenters. The molecule has 0 spiro atoms. The number of rotatable bonds is 5. The monoisotopic (exact) mass is 338 g/mol. The summed E-state index contributed by atoms with van der Waals surface area (Å²) in [5.74, 6) is 1.24. The van der Waals surface area contributed by atoms with Gasteiger partial charge in [0.25, 0.3) is 0 Å². The van der Waals surface area contributed by atoms with Gasteiger partial charge in [0.2, 0.25) is 0 Å². The van der Waals surface area contributed by atoms with Gasteiger partial charge in [-0.3, -0.25) is 10.00 Å². The minimum absolute atomic E-state index is 0.321. The highest BCUT2D eigenvalue weighted by Gasteiger charge is 2.24. The van der Waals surface area contributed by atoms with E-state index in [0.717, 1.165) is 49.6 Å². The molecule has 2 aromatic rings. The largest absolute Gasteiger partial charge is 0.361 e. The molecule has 2 aromatic heterocycles. The number of likely N-dealkylation sites (tertiary alicyclic amines) is 1. The molecule has 0 bridgehead atoms. The number of aryl methyl sites for hydroxylation is 1. The lowest BCUT2D eigenvalue weighted by Gasteiger charge is -2.32. The molecule has 8 heteroatoms. The Morgan fingerprint density at radius 3 is 3.00 bits per heavy atom. The van der Waals surface area contributed by atoms with Crippen LogP contribution in [0.1, 0.15) is 30.0 Å². The highest BCUT2D eigenvalue weighted by atomic mass is 32.2. The van der Waals surface area contributed by atoms with Gasteiger partial charge in [-0.25, -0.2) is 8.42 Å². The Morgan fingerprint density at radius 2 is 2.30 bits per heavy atom. The van der Waals surface area contributed by atoms with Crippen LogP contribution < -0.4 is 0 Å². The Bertz CT molecular complexity index is 765. The first-order chi connectivity index (χ1) is 10.9. The van der Waals surface area contributed by atoms with Gasteiger partial charge in [0.05, 0.1) is 17.6 Å². The Balaban J connectivity index is 1.64. The van der Waals surface area contributed by atoms with Crippen molar-refractivity contribution in [3.05, 3.63) is 29.4 Å². The number of hydrogen-bond acceptors (Lipinski definition) is 6. The summed E-state index contributed by atoms with van der Waals surface area (Å²) in [5, 5.41) is 10.8. The van der Waals surface area contributed by atoms with Crippen molar-refractivity contribution in [1.82, 2.24) is 20.3 Å². The average molecular weight is 338 g/mol. The smallest absolute Gasteiger partial charge is 0.178 e. The molecule has 23 heavy (non-hydrogen) atoms. The van der Waals surface area contributed by atoms with Gasteiger partial charge in [-0.15, -0.1) is 0 Å². The SMILES string of the molecule is Cc1cc(CN2CCC[C@H](Cc3[nH]ncc3S(C)(=O)=O)C2)no1. The summed E-state index contributed by atoms with van der Waals surface area (Å²) in [6.45, 7) is 4.62. The van der Waals surface area contributed by atoms with E-state index in [1.807, 2.05) is 13.0 Å². The molecule has 7 nitrogen and oxygen atoms in total. The molecule has 1 N–H and O–H groups in total. The van der Waals surface area contributed by atoms with Crippen molar-refractivity contribution < 1.29 is 12.9 Å². The summed E-state index contributed by atoms with van der Waals surface area (Å²) in [5.41, 5.74) is 1.66. The summed E-state index contributed by atoms with van der Waals surface area (Å²) in [7, 11) is -3.23. The van der Waals surface area contributed by atoms with Crippen molar-refractivity contribution in [3.8, 4) is 0 Å². The van der Waals surface area contributed by atoms with Crippen LogP contribution in [-0.4, -0.2) is 48.0 Å². The molecule has 1 fully saturated rings. The van der Waals surface area contributed by atoms with E-state index in [4.69, 9.17) is 4.52 Å². The second kappa shape index (κ2) is 6.45. The first-order valence-electron chi connectivity index (χ1n) is 7.78. The van der Waals surface area contributed by atoms with E-state index < -0.39 is 9.84 Å². The van der Waals surface area contributed by atoms with Crippen molar-refractivity contribution in [2.75, 3.05) is 19.3 Å². The number of aromatic nitrogens is 3. The molecular formula is C15H22N4O3S. The fourth-order valence-corrected chi connectivity index (χ4v) is 4.06. The van der Waals surface area contributed by atoms with Gasteiger partial charge in [0.1, 0.15) is 10.7 Å². The third-order valence-electron chi connectivity index (χ3n) is 4.24. The zero-order valence-electron chi connectivity index (χ0n) is 13.4.